The zero-order chi connectivity index (χ0) is 15.2. The van der Waals surface area contributed by atoms with Gasteiger partial charge in [0.05, 0.1) is 0 Å². The van der Waals surface area contributed by atoms with Crippen LogP contribution in [0, 0.1) is 5.92 Å². The van der Waals surface area contributed by atoms with Gasteiger partial charge in [-0.3, -0.25) is 4.79 Å². The lowest BCUT2D eigenvalue weighted by Crippen LogP contribution is -2.50. The van der Waals surface area contributed by atoms with Gasteiger partial charge in [0.25, 0.3) is 0 Å². The molecular formula is C14H28N2O3. The lowest BCUT2D eigenvalue weighted by atomic mass is 10.0. The normalized spacial score (nSPS) is 13.3. The first-order valence-electron chi connectivity index (χ1n) is 6.81. The van der Waals surface area contributed by atoms with E-state index in [1.165, 1.54) is 0 Å². The highest BCUT2D eigenvalue weighted by atomic mass is 16.6. The summed E-state index contributed by atoms with van der Waals surface area (Å²) in [5.41, 5.74) is -0.568. The Kier molecular flexibility index (Phi) is 6.87. The topological polar surface area (TPSA) is 67.4 Å². The molecular weight excluding hydrogens is 244 g/mol. The Morgan fingerprint density at radius 2 is 1.58 bits per heavy atom. The Morgan fingerprint density at radius 1 is 1.05 bits per heavy atom. The van der Waals surface area contributed by atoms with Gasteiger partial charge in [0.1, 0.15) is 11.6 Å². The molecule has 112 valence electrons. The van der Waals surface area contributed by atoms with Gasteiger partial charge in [-0.05, 0) is 47.0 Å². The van der Waals surface area contributed by atoms with E-state index in [1.54, 1.807) is 20.8 Å². The number of carbonyl (C=O) groups is 2. The molecule has 0 saturated heterocycles. The molecule has 2 N–H and O–H groups in total. The van der Waals surface area contributed by atoms with E-state index in [-0.39, 0.29) is 11.9 Å². The maximum absolute atomic E-state index is 12.0. The summed E-state index contributed by atoms with van der Waals surface area (Å²) in [7, 11) is 0. The number of hydrogen-bond donors (Lipinski definition) is 2. The first kappa shape index (κ1) is 17.7. The summed E-state index contributed by atoms with van der Waals surface area (Å²) in [6.07, 6.45) is 0.0229. The maximum Gasteiger partial charge on any atom is 0.408 e. The van der Waals surface area contributed by atoms with Crippen molar-refractivity contribution in [2.24, 2.45) is 5.92 Å². The molecule has 0 saturated carbocycles. The summed E-state index contributed by atoms with van der Waals surface area (Å²) < 4.78 is 5.17. The number of ether oxygens (including phenoxy) is 1. The second-order valence-electron chi connectivity index (χ2n) is 6.49. The Morgan fingerprint density at radius 3 is 1.95 bits per heavy atom. The van der Waals surface area contributed by atoms with Crippen molar-refractivity contribution in [1.29, 1.82) is 0 Å². The van der Waals surface area contributed by atoms with Crippen molar-refractivity contribution in [3.05, 3.63) is 0 Å². The van der Waals surface area contributed by atoms with Crippen LogP contribution in [-0.4, -0.2) is 29.7 Å². The van der Waals surface area contributed by atoms with Crippen molar-refractivity contribution in [3.63, 3.8) is 0 Å². The van der Waals surface area contributed by atoms with E-state index in [0.29, 0.717) is 12.3 Å². The lowest BCUT2D eigenvalue weighted by Gasteiger charge is -2.24. The third-order valence-corrected chi connectivity index (χ3v) is 2.15. The summed E-state index contributed by atoms with van der Waals surface area (Å²) >= 11 is 0. The van der Waals surface area contributed by atoms with Gasteiger partial charge in [0.15, 0.2) is 0 Å². The van der Waals surface area contributed by atoms with Crippen molar-refractivity contribution < 1.29 is 14.3 Å². The summed E-state index contributed by atoms with van der Waals surface area (Å²) in [5, 5.41) is 5.44. The molecule has 0 aromatic heterocycles. The molecule has 5 heteroatoms. The van der Waals surface area contributed by atoms with Crippen LogP contribution in [0.15, 0.2) is 0 Å². The smallest absolute Gasteiger partial charge is 0.408 e. The summed E-state index contributed by atoms with van der Waals surface area (Å²) in [6.45, 7) is 13.2. The van der Waals surface area contributed by atoms with Crippen LogP contribution in [0.25, 0.3) is 0 Å². The van der Waals surface area contributed by atoms with Crippen molar-refractivity contribution in [2.75, 3.05) is 0 Å². The molecule has 0 aromatic carbocycles. The van der Waals surface area contributed by atoms with Crippen molar-refractivity contribution in [2.45, 2.75) is 72.6 Å². The minimum atomic E-state index is -0.568. The fourth-order valence-corrected chi connectivity index (χ4v) is 1.54. The van der Waals surface area contributed by atoms with E-state index < -0.39 is 17.7 Å². The van der Waals surface area contributed by atoms with Crippen molar-refractivity contribution in [3.8, 4) is 0 Å². The average Bonchev–Trinajstić information content (AvgIpc) is 2.11. The van der Waals surface area contributed by atoms with Crippen LogP contribution in [-0.2, 0) is 9.53 Å². The predicted octanol–water partition coefficient (Wildman–Crippen LogP) is 2.45. The lowest BCUT2D eigenvalue weighted by molar-refractivity contribution is -0.124. The second-order valence-corrected chi connectivity index (χ2v) is 6.49. The fraction of sp³-hybridized carbons (Fsp3) is 0.857. The van der Waals surface area contributed by atoms with Crippen LogP contribution < -0.4 is 10.6 Å². The highest BCUT2D eigenvalue weighted by molar-refractivity contribution is 5.85. The van der Waals surface area contributed by atoms with Crippen LogP contribution >= 0.6 is 0 Å². The molecule has 0 aliphatic carbocycles. The quantitative estimate of drug-likeness (QED) is 0.808. The largest absolute Gasteiger partial charge is 0.444 e. The number of hydrogen-bond acceptors (Lipinski definition) is 3. The zero-order valence-electron chi connectivity index (χ0n) is 13.2. The molecule has 0 fully saturated rings. The monoisotopic (exact) mass is 272 g/mol. The van der Waals surface area contributed by atoms with Crippen molar-refractivity contribution in [1.82, 2.24) is 10.6 Å². The van der Waals surface area contributed by atoms with Gasteiger partial charge in [-0.2, -0.15) is 0 Å². The number of carbonyl (C=O) groups excluding carboxylic acids is 2. The molecule has 0 bridgehead atoms. The molecule has 0 aliphatic rings. The van der Waals surface area contributed by atoms with E-state index in [0.717, 1.165) is 0 Å². The van der Waals surface area contributed by atoms with Crippen LogP contribution in [0.5, 0.6) is 0 Å². The highest BCUT2D eigenvalue weighted by Crippen LogP contribution is 2.09. The molecule has 0 radical (unpaired) electrons. The minimum Gasteiger partial charge on any atom is -0.444 e. The Hall–Kier alpha value is -1.26. The van der Waals surface area contributed by atoms with Crippen molar-refractivity contribution >= 4 is 12.0 Å². The van der Waals surface area contributed by atoms with Gasteiger partial charge in [0.2, 0.25) is 5.91 Å². The Balaban J connectivity index is 4.59. The molecule has 0 aromatic rings. The molecule has 0 heterocycles. The van der Waals surface area contributed by atoms with E-state index in [4.69, 9.17) is 4.74 Å². The van der Waals surface area contributed by atoms with Crippen LogP contribution in [0.2, 0.25) is 0 Å². The van der Waals surface area contributed by atoms with E-state index in [1.807, 2.05) is 27.7 Å². The first-order chi connectivity index (χ1) is 8.51. The molecule has 19 heavy (non-hydrogen) atoms. The molecule has 2 amide bonds. The zero-order valence-corrected chi connectivity index (χ0v) is 13.2. The SMILES string of the molecule is CC(C)CC(NC(=O)OC(C)(C)C)C(=O)NC(C)C. The van der Waals surface area contributed by atoms with Gasteiger partial charge < -0.3 is 15.4 Å². The van der Waals surface area contributed by atoms with Crippen LogP contribution in [0.4, 0.5) is 4.79 Å². The Labute approximate surface area is 116 Å². The van der Waals surface area contributed by atoms with Gasteiger partial charge in [-0.15, -0.1) is 0 Å². The van der Waals surface area contributed by atoms with E-state index in [2.05, 4.69) is 10.6 Å². The summed E-state index contributed by atoms with van der Waals surface area (Å²) in [6, 6.07) is -0.514. The van der Waals surface area contributed by atoms with Gasteiger partial charge in [-0.25, -0.2) is 4.79 Å². The molecule has 1 unspecified atom stereocenters. The number of amides is 2. The summed E-state index contributed by atoms with van der Waals surface area (Å²) in [4.78, 5) is 23.7. The summed E-state index contributed by atoms with van der Waals surface area (Å²) in [5.74, 6) is 0.132. The standard InChI is InChI=1S/C14H28N2O3/c1-9(2)8-11(12(17)15-10(3)4)16-13(18)19-14(5,6)7/h9-11H,8H2,1-7H3,(H,15,17)(H,16,18). The van der Waals surface area contributed by atoms with Gasteiger partial charge >= 0.3 is 6.09 Å². The number of rotatable bonds is 5. The second kappa shape index (κ2) is 7.36. The maximum atomic E-state index is 12.0. The van der Waals surface area contributed by atoms with E-state index >= 15 is 0 Å². The molecule has 0 rings (SSSR count). The van der Waals surface area contributed by atoms with Crippen LogP contribution in [0.1, 0.15) is 54.9 Å². The van der Waals surface area contributed by atoms with E-state index in [9.17, 15) is 9.59 Å². The van der Waals surface area contributed by atoms with Gasteiger partial charge in [0, 0.05) is 6.04 Å². The fourth-order valence-electron chi connectivity index (χ4n) is 1.54. The Bertz CT molecular complexity index is 306. The highest BCUT2D eigenvalue weighted by Gasteiger charge is 2.25. The molecule has 0 aliphatic heterocycles. The minimum absolute atomic E-state index is 0.0441. The molecule has 0 spiro atoms. The van der Waals surface area contributed by atoms with Crippen LogP contribution in [0.3, 0.4) is 0 Å². The average molecular weight is 272 g/mol. The number of alkyl carbamates (subject to hydrolysis) is 1. The predicted molar refractivity (Wildman–Crippen MR) is 75.9 cm³/mol. The molecule has 1 atom stereocenters. The molecule has 5 nitrogen and oxygen atoms in total. The number of nitrogens with one attached hydrogen (secondary N) is 2. The van der Waals surface area contributed by atoms with Gasteiger partial charge in [-0.1, -0.05) is 13.8 Å². The first-order valence-corrected chi connectivity index (χ1v) is 6.81. The third-order valence-electron chi connectivity index (χ3n) is 2.15. The third kappa shape index (κ3) is 9.33.